The fourth-order valence-electron chi connectivity index (χ4n) is 3.81. The number of carbonyl (C=O) groups excluding carboxylic acids is 2. The van der Waals surface area contributed by atoms with Crippen molar-refractivity contribution in [3.63, 3.8) is 0 Å². The van der Waals surface area contributed by atoms with Gasteiger partial charge in [0.05, 0.1) is 5.56 Å². The Morgan fingerprint density at radius 3 is 2.69 bits per heavy atom. The third-order valence-electron chi connectivity index (χ3n) is 5.48. The molecule has 0 atom stereocenters. The molecule has 172 valence electrons. The molecule has 1 fully saturated rings. The SMILES string of the molecule is CSc1nnc(CCCNC(=O)c2ccc3c(c2)S(=O)(=O)N(C2CC2)C3=O)n1CC(C)C. The van der Waals surface area contributed by atoms with Crippen LogP contribution < -0.4 is 5.32 Å². The van der Waals surface area contributed by atoms with Gasteiger partial charge in [-0.15, -0.1) is 10.2 Å². The molecule has 4 rings (SSSR count). The fourth-order valence-corrected chi connectivity index (χ4v) is 6.18. The molecule has 2 aromatic rings. The predicted molar refractivity (Wildman–Crippen MR) is 120 cm³/mol. The van der Waals surface area contributed by atoms with Crippen LogP contribution in [-0.4, -0.2) is 58.1 Å². The summed E-state index contributed by atoms with van der Waals surface area (Å²) in [6.07, 6.45) is 4.70. The standard InChI is InChI=1S/C21H27N5O4S2/c1-13(2)12-25-18(23-24-21(25)31-3)5-4-10-22-19(27)14-6-9-16-17(11-14)32(29,30)26(20(16)28)15-7-8-15/h6,9,11,13,15H,4-5,7-8,10,12H2,1-3H3,(H,22,27). The third kappa shape index (κ3) is 4.27. The number of hydrogen-bond acceptors (Lipinski definition) is 7. The van der Waals surface area contributed by atoms with Crippen LogP contribution in [0.3, 0.4) is 0 Å². The van der Waals surface area contributed by atoms with Gasteiger partial charge in [-0.3, -0.25) is 9.59 Å². The lowest BCUT2D eigenvalue weighted by Gasteiger charge is -2.13. The molecule has 2 aliphatic rings. The van der Waals surface area contributed by atoms with Crippen LogP contribution in [0.25, 0.3) is 0 Å². The second-order valence-electron chi connectivity index (χ2n) is 8.51. The van der Waals surface area contributed by atoms with Crippen molar-refractivity contribution in [3.8, 4) is 0 Å². The summed E-state index contributed by atoms with van der Waals surface area (Å²) in [5.74, 6) is 0.493. The maximum atomic E-state index is 12.8. The second-order valence-corrected chi connectivity index (χ2v) is 11.1. The molecule has 0 bridgehead atoms. The summed E-state index contributed by atoms with van der Waals surface area (Å²) in [4.78, 5) is 25.0. The summed E-state index contributed by atoms with van der Waals surface area (Å²) in [7, 11) is -3.88. The van der Waals surface area contributed by atoms with Crippen LogP contribution in [0.1, 0.15) is 59.7 Å². The molecular formula is C21H27N5O4S2. The van der Waals surface area contributed by atoms with Crippen LogP contribution in [-0.2, 0) is 23.0 Å². The zero-order valence-electron chi connectivity index (χ0n) is 18.4. The topological polar surface area (TPSA) is 114 Å². The van der Waals surface area contributed by atoms with Gasteiger partial charge in [-0.25, -0.2) is 12.7 Å². The van der Waals surface area contributed by atoms with Gasteiger partial charge in [0, 0.05) is 31.1 Å². The van der Waals surface area contributed by atoms with Gasteiger partial charge in [-0.1, -0.05) is 25.6 Å². The molecule has 0 saturated heterocycles. The average Bonchev–Trinajstić information content (AvgIpc) is 3.47. The average molecular weight is 478 g/mol. The highest BCUT2D eigenvalue weighted by molar-refractivity contribution is 7.98. The lowest BCUT2D eigenvalue weighted by Crippen LogP contribution is -2.32. The Balaban J connectivity index is 1.38. The molecule has 1 aliphatic carbocycles. The number of sulfonamides is 1. The summed E-state index contributed by atoms with van der Waals surface area (Å²) in [5.41, 5.74) is 0.368. The van der Waals surface area contributed by atoms with Gasteiger partial charge < -0.3 is 9.88 Å². The molecule has 1 aliphatic heterocycles. The number of fused-ring (bicyclic) bond motifs is 1. The van der Waals surface area contributed by atoms with Crippen molar-refractivity contribution in [2.24, 2.45) is 5.92 Å². The first-order chi connectivity index (χ1) is 15.2. The first-order valence-electron chi connectivity index (χ1n) is 10.7. The molecule has 1 saturated carbocycles. The lowest BCUT2D eigenvalue weighted by molar-refractivity contribution is 0.0863. The van der Waals surface area contributed by atoms with Crippen molar-refractivity contribution in [3.05, 3.63) is 35.2 Å². The quantitative estimate of drug-likeness (QED) is 0.435. The van der Waals surface area contributed by atoms with E-state index in [0.717, 1.165) is 21.8 Å². The number of amides is 2. The second kappa shape index (κ2) is 8.86. The van der Waals surface area contributed by atoms with E-state index >= 15 is 0 Å². The van der Waals surface area contributed by atoms with Crippen LogP contribution in [0.2, 0.25) is 0 Å². The van der Waals surface area contributed by atoms with Crippen LogP contribution >= 0.6 is 11.8 Å². The van der Waals surface area contributed by atoms with Crippen molar-refractivity contribution in [2.45, 2.75) is 62.2 Å². The van der Waals surface area contributed by atoms with Gasteiger partial charge >= 0.3 is 0 Å². The molecule has 1 N–H and O–H groups in total. The Bertz CT molecular complexity index is 1150. The monoisotopic (exact) mass is 477 g/mol. The summed E-state index contributed by atoms with van der Waals surface area (Å²) < 4.78 is 28.6. The molecule has 0 unspecified atom stereocenters. The Kier molecular flexibility index (Phi) is 6.30. The van der Waals surface area contributed by atoms with E-state index < -0.39 is 15.9 Å². The van der Waals surface area contributed by atoms with E-state index in [1.165, 1.54) is 18.2 Å². The van der Waals surface area contributed by atoms with E-state index in [0.29, 0.717) is 38.1 Å². The molecule has 1 aromatic heterocycles. The summed E-state index contributed by atoms with van der Waals surface area (Å²) in [6, 6.07) is 4.00. The minimum atomic E-state index is -3.88. The number of nitrogens with zero attached hydrogens (tertiary/aromatic N) is 4. The summed E-state index contributed by atoms with van der Waals surface area (Å²) in [5, 5.41) is 12.2. The predicted octanol–water partition coefficient (Wildman–Crippen LogP) is 2.33. The van der Waals surface area contributed by atoms with Gasteiger partial charge in [-0.05, 0) is 49.6 Å². The molecule has 2 amide bonds. The normalized spacial score (nSPS) is 17.1. The van der Waals surface area contributed by atoms with E-state index in [9.17, 15) is 18.0 Å². The molecule has 0 spiro atoms. The molecule has 32 heavy (non-hydrogen) atoms. The number of rotatable bonds is 9. The lowest BCUT2D eigenvalue weighted by atomic mass is 10.1. The van der Waals surface area contributed by atoms with Crippen molar-refractivity contribution in [1.29, 1.82) is 0 Å². The van der Waals surface area contributed by atoms with E-state index in [2.05, 4.69) is 33.9 Å². The van der Waals surface area contributed by atoms with E-state index in [1.54, 1.807) is 11.8 Å². The van der Waals surface area contributed by atoms with Gasteiger partial charge in [0.1, 0.15) is 10.7 Å². The van der Waals surface area contributed by atoms with Crippen LogP contribution in [0, 0.1) is 5.92 Å². The van der Waals surface area contributed by atoms with Gasteiger partial charge in [0.25, 0.3) is 21.8 Å². The molecule has 11 heteroatoms. The third-order valence-corrected chi connectivity index (χ3v) is 8.02. The van der Waals surface area contributed by atoms with Gasteiger partial charge in [0.2, 0.25) is 0 Å². The number of benzene rings is 1. The first kappa shape index (κ1) is 22.8. The summed E-state index contributed by atoms with van der Waals surface area (Å²) >= 11 is 1.56. The summed E-state index contributed by atoms with van der Waals surface area (Å²) in [6.45, 7) is 5.54. The van der Waals surface area contributed by atoms with Crippen molar-refractivity contribution in [1.82, 2.24) is 24.4 Å². The molecular weight excluding hydrogens is 450 g/mol. The maximum absolute atomic E-state index is 12.8. The fraction of sp³-hybridized carbons (Fsp3) is 0.524. The van der Waals surface area contributed by atoms with Crippen LogP contribution in [0.5, 0.6) is 0 Å². The van der Waals surface area contributed by atoms with Gasteiger partial charge in [0.15, 0.2) is 5.16 Å². The highest BCUT2D eigenvalue weighted by Crippen LogP contribution is 2.39. The highest BCUT2D eigenvalue weighted by Gasteiger charge is 2.48. The molecule has 0 radical (unpaired) electrons. The number of hydrogen-bond donors (Lipinski definition) is 1. The van der Waals surface area contributed by atoms with Crippen molar-refractivity contribution in [2.75, 3.05) is 12.8 Å². The Morgan fingerprint density at radius 2 is 2.03 bits per heavy atom. The Hall–Kier alpha value is -2.40. The zero-order valence-corrected chi connectivity index (χ0v) is 20.0. The number of nitrogens with one attached hydrogen (secondary N) is 1. The van der Waals surface area contributed by atoms with Crippen LogP contribution in [0.4, 0.5) is 0 Å². The zero-order chi connectivity index (χ0) is 23.0. The van der Waals surface area contributed by atoms with Crippen molar-refractivity contribution >= 4 is 33.6 Å². The molecule has 1 aromatic carbocycles. The minimum absolute atomic E-state index is 0.0755. The minimum Gasteiger partial charge on any atom is -0.352 e. The number of aromatic nitrogens is 3. The van der Waals surface area contributed by atoms with Crippen molar-refractivity contribution < 1.29 is 18.0 Å². The Labute approximate surface area is 192 Å². The molecule has 2 heterocycles. The number of aryl methyl sites for hydroxylation is 1. The molecule has 9 nitrogen and oxygen atoms in total. The van der Waals surface area contributed by atoms with E-state index in [1.807, 2.05) is 6.26 Å². The maximum Gasteiger partial charge on any atom is 0.269 e. The van der Waals surface area contributed by atoms with E-state index in [-0.39, 0.29) is 28.0 Å². The van der Waals surface area contributed by atoms with E-state index in [4.69, 9.17) is 0 Å². The smallest absolute Gasteiger partial charge is 0.269 e. The van der Waals surface area contributed by atoms with Crippen LogP contribution in [0.15, 0.2) is 28.3 Å². The largest absolute Gasteiger partial charge is 0.352 e. The van der Waals surface area contributed by atoms with Gasteiger partial charge in [-0.2, -0.15) is 0 Å². The Morgan fingerprint density at radius 1 is 1.28 bits per heavy atom. The number of carbonyl (C=O) groups is 2. The number of thioether (sulfide) groups is 1. The highest BCUT2D eigenvalue weighted by atomic mass is 32.2. The first-order valence-corrected chi connectivity index (χ1v) is 13.4.